The molecular formula is C20H28N2O4S. The molecule has 0 saturated heterocycles. The molecule has 0 fully saturated rings. The Morgan fingerprint density at radius 1 is 1.07 bits per heavy atom. The van der Waals surface area contributed by atoms with E-state index in [0.717, 1.165) is 22.1 Å². The van der Waals surface area contributed by atoms with Crippen molar-refractivity contribution in [2.24, 2.45) is 0 Å². The molecule has 1 amide bonds. The van der Waals surface area contributed by atoms with Gasteiger partial charge in [0.1, 0.15) is 12.4 Å². The second-order valence-electron chi connectivity index (χ2n) is 6.94. The van der Waals surface area contributed by atoms with Crippen LogP contribution in [0.2, 0.25) is 0 Å². The van der Waals surface area contributed by atoms with Crippen LogP contribution in [0.3, 0.4) is 0 Å². The number of benzene rings is 2. The Balaban J connectivity index is 2.02. The normalized spacial score (nSPS) is 12.9. The maximum atomic E-state index is 11.9. The molecule has 2 aromatic rings. The third-order valence-corrected chi connectivity index (χ3v) is 6.17. The van der Waals surface area contributed by atoms with Crippen LogP contribution in [-0.2, 0) is 14.8 Å². The number of carbonyl (C=O) groups excluding carboxylic acids is 1. The zero-order chi connectivity index (χ0) is 20.0. The molecule has 0 radical (unpaired) electrons. The summed E-state index contributed by atoms with van der Waals surface area (Å²) in [5, 5.41) is 4.37. The molecule has 2 aromatic carbocycles. The van der Waals surface area contributed by atoms with Crippen molar-refractivity contribution in [2.75, 3.05) is 19.7 Å². The highest BCUT2D eigenvalue weighted by Gasteiger charge is 2.17. The van der Waals surface area contributed by atoms with Crippen molar-refractivity contribution >= 4 is 26.7 Å². The van der Waals surface area contributed by atoms with Gasteiger partial charge in [0.05, 0.1) is 11.8 Å². The molecule has 0 heterocycles. The summed E-state index contributed by atoms with van der Waals surface area (Å²) in [5.74, 6) is 0.740. The molecule has 1 atom stereocenters. The summed E-state index contributed by atoms with van der Waals surface area (Å²) >= 11 is 0. The van der Waals surface area contributed by atoms with Crippen molar-refractivity contribution in [1.82, 2.24) is 10.0 Å². The molecular weight excluding hydrogens is 364 g/mol. The summed E-state index contributed by atoms with van der Waals surface area (Å²) < 4.78 is 32.1. The number of hydrogen-bond donors (Lipinski definition) is 2. The van der Waals surface area contributed by atoms with Gasteiger partial charge in [-0.1, -0.05) is 31.2 Å². The Labute approximate surface area is 161 Å². The van der Waals surface area contributed by atoms with Crippen LogP contribution in [-0.4, -0.2) is 39.3 Å². The van der Waals surface area contributed by atoms with Crippen molar-refractivity contribution < 1.29 is 17.9 Å². The van der Waals surface area contributed by atoms with Crippen LogP contribution in [0.5, 0.6) is 5.75 Å². The zero-order valence-corrected chi connectivity index (χ0v) is 17.1. The predicted octanol–water partition coefficient (Wildman–Crippen LogP) is 2.79. The Morgan fingerprint density at radius 3 is 2.41 bits per heavy atom. The van der Waals surface area contributed by atoms with Crippen molar-refractivity contribution in [3.05, 3.63) is 42.0 Å². The Bertz CT molecular complexity index is 894. The van der Waals surface area contributed by atoms with E-state index in [-0.39, 0.29) is 11.8 Å². The minimum atomic E-state index is -3.26. The number of carbonyl (C=O) groups is 1. The summed E-state index contributed by atoms with van der Waals surface area (Å²) in [4.78, 5) is 10.8. The lowest BCUT2D eigenvalue weighted by Gasteiger charge is -2.16. The third kappa shape index (κ3) is 6.22. The van der Waals surface area contributed by atoms with E-state index in [2.05, 4.69) is 16.1 Å². The Hall–Kier alpha value is -2.12. The molecule has 0 aliphatic heterocycles. The molecule has 0 aliphatic rings. The maximum absolute atomic E-state index is 11.9. The molecule has 6 nitrogen and oxygen atoms in total. The third-order valence-electron chi connectivity index (χ3n) is 4.36. The van der Waals surface area contributed by atoms with Gasteiger partial charge in [-0.3, -0.25) is 4.79 Å². The molecule has 0 aromatic heterocycles. The number of ether oxygens (including phenoxy) is 1. The number of amides is 1. The number of nitrogens with one attached hydrogen (secondary N) is 2. The summed E-state index contributed by atoms with van der Waals surface area (Å²) in [5.41, 5.74) is 1.08. The summed E-state index contributed by atoms with van der Waals surface area (Å²) in [7, 11) is -3.26. The highest BCUT2D eigenvalue weighted by atomic mass is 32.2. The highest BCUT2D eigenvalue weighted by Crippen LogP contribution is 2.25. The molecule has 148 valence electrons. The van der Waals surface area contributed by atoms with Gasteiger partial charge >= 0.3 is 0 Å². The minimum Gasteiger partial charge on any atom is -0.492 e. The van der Waals surface area contributed by atoms with Gasteiger partial charge in [-0.15, -0.1) is 0 Å². The topological polar surface area (TPSA) is 84.5 Å². The first-order chi connectivity index (χ1) is 12.7. The maximum Gasteiger partial charge on any atom is 0.216 e. The molecule has 7 heteroatoms. The quantitative estimate of drug-likeness (QED) is 0.643. The summed E-state index contributed by atoms with van der Waals surface area (Å²) in [6.07, 6.45) is 0. The van der Waals surface area contributed by atoms with E-state index in [4.69, 9.17) is 4.74 Å². The van der Waals surface area contributed by atoms with Crippen LogP contribution in [0, 0.1) is 0 Å². The first-order valence-corrected chi connectivity index (χ1v) is 10.6. The lowest BCUT2D eigenvalue weighted by Crippen LogP contribution is -2.33. The van der Waals surface area contributed by atoms with E-state index < -0.39 is 15.3 Å². The van der Waals surface area contributed by atoms with E-state index in [9.17, 15) is 13.2 Å². The van der Waals surface area contributed by atoms with Crippen LogP contribution in [0.1, 0.15) is 39.2 Å². The first kappa shape index (κ1) is 21.2. The molecule has 0 aliphatic carbocycles. The molecule has 0 spiro atoms. The van der Waals surface area contributed by atoms with Crippen LogP contribution in [0.25, 0.3) is 10.8 Å². The average molecular weight is 393 g/mol. The van der Waals surface area contributed by atoms with Crippen LogP contribution in [0.4, 0.5) is 0 Å². The monoisotopic (exact) mass is 392 g/mol. The van der Waals surface area contributed by atoms with E-state index in [0.29, 0.717) is 19.7 Å². The van der Waals surface area contributed by atoms with Gasteiger partial charge in [-0.05, 0) is 48.2 Å². The second kappa shape index (κ2) is 9.19. The molecule has 2 rings (SSSR count). The first-order valence-electron chi connectivity index (χ1n) is 9.08. The fourth-order valence-electron chi connectivity index (χ4n) is 2.56. The number of hydrogen-bond acceptors (Lipinski definition) is 4. The Kier molecular flexibility index (Phi) is 7.21. The lowest BCUT2D eigenvalue weighted by molar-refractivity contribution is -0.119. The number of fused-ring (bicyclic) bond motifs is 1. The van der Waals surface area contributed by atoms with E-state index >= 15 is 0 Å². The number of rotatable bonds is 9. The standard InChI is InChI=1S/C20H28N2O4S/c1-14(2)27(24,25)22-13-15(3)17-5-6-19-12-20(8-7-18(19)11-17)26-10-9-21-16(4)23/h5-8,11-12,14-15,22H,9-10,13H2,1-4H3,(H,21,23). The van der Waals surface area contributed by atoms with E-state index in [1.165, 1.54) is 6.92 Å². The molecule has 0 bridgehead atoms. The van der Waals surface area contributed by atoms with Gasteiger partial charge in [0.25, 0.3) is 0 Å². The highest BCUT2D eigenvalue weighted by molar-refractivity contribution is 7.90. The fourth-order valence-corrected chi connectivity index (χ4v) is 3.38. The van der Waals surface area contributed by atoms with Crippen molar-refractivity contribution in [1.29, 1.82) is 0 Å². The van der Waals surface area contributed by atoms with Crippen LogP contribution in [0.15, 0.2) is 36.4 Å². The molecule has 0 saturated carbocycles. The lowest BCUT2D eigenvalue weighted by atomic mass is 9.98. The van der Waals surface area contributed by atoms with Gasteiger partial charge in [0.15, 0.2) is 0 Å². The largest absolute Gasteiger partial charge is 0.492 e. The fraction of sp³-hybridized carbons (Fsp3) is 0.450. The summed E-state index contributed by atoms with van der Waals surface area (Å²) in [6.45, 7) is 8.06. The smallest absolute Gasteiger partial charge is 0.216 e. The van der Waals surface area contributed by atoms with Crippen LogP contribution < -0.4 is 14.8 Å². The summed E-state index contributed by atoms with van der Waals surface area (Å²) in [6, 6.07) is 11.9. The zero-order valence-electron chi connectivity index (χ0n) is 16.3. The Morgan fingerprint density at radius 2 is 1.74 bits per heavy atom. The van der Waals surface area contributed by atoms with Gasteiger partial charge in [0, 0.05) is 13.5 Å². The van der Waals surface area contributed by atoms with Crippen LogP contribution >= 0.6 is 0 Å². The van der Waals surface area contributed by atoms with Crippen molar-refractivity contribution in [3.63, 3.8) is 0 Å². The molecule has 1 unspecified atom stereocenters. The second-order valence-corrected chi connectivity index (χ2v) is 9.26. The van der Waals surface area contributed by atoms with Crippen molar-refractivity contribution in [2.45, 2.75) is 38.9 Å². The molecule has 27 heavy (non-hydrogen) atoms. The predicted molar refractivity (Wildman–Crippen MR) is 109 cm³/mol. The van der Waals surface area contributed by atoms with Gasteiger partial charge in [-0.2, -0.15) is 0 Å². The SMILES string of the molecule is CC(=O)NCCOc1ccc2cc(C(C)CNS(=O)(=O)C(C)C)ccc2c1. The van der Waals surface area contributed by atoms with Crippen molar-refractivity contribution in [3.8, 4) is 5.75 Å². The molecule has 2 N–H and O–H groups in total. The van der Waals surface area contributed by atoms with E-state index in [1.54, 1.807) is 13.8 Å². The van der Waals surface area contributed by atoms with Gasteiger partial charge < -0.3 is 10.1 Å². The van der Waals surface area contributed by atoms with E-state index in [1.807, 2.05) is 37.3 Å². The minimum absolute atomic E-state index is 0.0662. The van der Waals surface area contributed by atoms with Gasteiger partial charge in [0.2, 0.25) is 15.9 Å². The number of sulfonamides is 1. The van der Waals surface area contributed by atoms with Gasteiger partial charge in [-0.25, -0.2) is 13.1 Å². The average Bonchev–Trinajstić information content (AvgIpc) is 2.62.